The van der Waals surface area contributed by atoms with Gasteiger partial charge in [0.25, 0.3) is 0 Å². The van der Waals surface area contributed by atoms with Gasteiger partial charge >= 0.3 is 5.97 Å². The molecule has 2 N–H and O–H groups in total. The average Bonchev–Trinajstić information content (AvgIpc) is 2.81. The molecule has 0 aliphatic carbocycles. The van der Waals surface area contributed by atoms with Gasteiger partial charge in [-0.15, -0.1) is 0 Å². The topological polar surface area (TPSA) is 90.2 Å². The van der Waals surface area contributed by atoms with Crippen LogP contribution in [0.5, 0.6) is 11.8 Å². The average molecular weight is 301 g/mol. The first kappa shape index (κ1) is 17.3. The number of esters is 1. The van der Waals surface area contributed by atoms with E-state index in [1.807, 2.05) is 0 Å². The molecule has 7 nitrogen and oxygen atoms in total. The van der Waals surface area contributed by atoms with E-state index in [1.165, 1.54) is 38.0 Å². The van der Waals surface area contributed by atoms with Crippen molar-refractivity contribution in [3.8, 4) is 11.8 Å². The number of methoxy groups -OCH3 is 3. The van der Waals surface area contributed by atoms with E-state index in [9.17, 15) is 15.0 Å². The lowest BCUT2D eigenvalue weighted by atomic mass is 10.1. The van der Waals surface area contributed by atoms with E-state index in [4.69, 9.17) is 9.47 Å². The van der Waals surface area contributed by atoms with Crippen molar-refractivity contribution in [1.29, 1.82) is 0 Å². The van der Waals surface area contributed by atoms with Gasteiger partial charge in [-0.25, -0.2) is 0 Å². The van der Waals surface area contributed by atoms with Gasteiger partial charge in [-0.3, -0.25) is 9.36 Å². The van der Waals surface area contributed by atoms with Gasteiger partial charge in [0.15, 0.2) is 17.5 Å². The first-order valence-electron chi connectivity index (χ1n) is 6.72. The van der Waals surface area contributed by atoms with Gasteiger partial charge in [0.2, 0.25) is 0 Å². The van der Waals surface area contributed by atoms with Crippen LogP contribution >= 0.6 is 0 Å². The summed E-state index contributed by atoms with van der Waals surface area (Å²) in [5, 5.41) is 19.4. The highest BCUT2D eigenvalue weighted by Crippen LogP contribution is 2.29. The predicted octanol–water partition coefficient (Wildman–Crippen LogP) is 1.62. The summed E-state index contributed by atoms with van der Waals surface area (Å²) >= 11 is 0. The summed E-state index contributed by atoms with van der Waals surface area (Å²) in [5.74, 6) is -1.37. The lowest BCUT2D eigenvalue weighted by Crippen LogP contribution is -2.38. The van der Waals surface area contributed by atoms with Gasteiger partial charge in [-0.05, 0) is 12.8 Å². The van der Waals surface area contributed by atoms with Crippen molar-refractivity contribution in [2.24, 2.45) is 0 Å². The maximum atomic E-state index is 11.1. The predicted molar refractivity (Wildman–Crippen MR) is 75.0 cm³/mol. The van der Waals surface area contributed by atoms with Gasteiger partial charge in [0.05, 0.1) is 13.7 Å². The number of aromatic nitrogens is 1. The molecule has 0 aliphatic rings. The SMILES string of the molecule is COC(=O)CCCCC(Cn1c(O)ccc1O)(OC)OC. The number of carbonyl (C=O) groups excluding carboxylic acids is 1. The number of nitrogens with zero attached hydrogens (tertiary/aromatic N) is 1. The van der Waals surface area contributed by atoms with Gasteiger partial charge in [-0.2, -0.15) is 0 Å². The van der Waals surface area contributed by atoms with E-state index in [0.29, 0.717) is 25.7 Å². The molecule has 0 radical (unpaired) electrons. The van der Waals surface area contributed by atoms with Crippen LogP contribution in [0.25, 0.3) is 0 Å². The Kier molecular flexibility index (Phi) is 6.51. The van der Waals surface area contributed by atoms with Crippen molar-refractivity contribution >= 4 is 5.97 Å². The number of hydrogen-bond acceptors (Lipinski definition) is 6. The maximum Gasteiger partial charge on any atom is 0.305 e. The maximum absolute atomic E-state index is 11.1. The molecule has 0 bridgehead atoms. The Morgan fingerprint density at radius 3 is 2.19 bits per heavy atom. The highest BCUT2D eigenvalue weighted by atomic mass is 16.7. The number of carbonyl (C=O) groups is 1. The Bertz CT molecular complexity index is 433. The van der Waals surface area contributed by atoms with Crippen LogP contribution in [0, 0.1) is 0 Å². The molecular formula is C14H23NO6. The molecule has 0 aliphatic heterocycles. The van der Waals surface area contributed by atoms with Gasteiger partial charge < -0.3 is 24.4 Å². The zero-order valence-corrected chi connectivity index (χ0v) is 12.7. The molecule has 120 valence electrons. The summed E-state index contributed by atoms with van der Waals surface area (Å²) in [5.41, 5.74) is 0. The van der Waals surface area contributed by atoms with Crippen molar-refractivity contribution in [3.05, 3.63) is 12.1 Å². The fourth-order valence-electron chi connectivity index (χ4n) is 2.11. The molecule has 0 saturated carbocycles. The van der Waals surface area contributed by atoms with Gasteiger partial charge in [-0.1, -0.05) is 0 Å². The van der Waals surface area contributed by atoms with Crippen LogP contribution < -0.4 is 0 Å². The molecule has 21 heavy (non-hydrogen) atoms. The Balaban J connectivity index is 2.64. The minimum atomic E-state index is -0.982. The number of rotatable bonds is 9. The zero-order chi connectivity index (χ0) is 15.9. The Hall–Kier alpha value is -1.73. The zero-order valence-electron chi connectivity index (χ0n) is 12.7. The van der Waals surface area contributed by atoms with Crippen LogP contribution in [-0.2, 0) is 25.5 Å². The fourth-order valence-corrected chi connectivity index (χ4v) is 2.11. The molecule has 7 heteroatoms. The van der Waals surface area contributed by atoms with Gasteiger partial charge in [0.1, 0.15) is 0 Å². The molecule has 0 saturated heterocycles. The van der Waals surface area contributed by atoms with Crippen LogP contribution in [0.15, 0.2) is 12.1 Å². The first-order valence-corrected chi connectivity index (χ1v) is 6.72. The summed E-state index contributed by atoms with van der Waals surface area (Å²) < 4.78 is 16.7. The molecule has 1 aromatic rings. The van der Waals surface area contributed by atoms with Crippen molar-refractivity contribution < 1.29 is 29.2 Å². The summed E-state index contributed by atoms with van der Waals surface area (Å²) in [7, 11) is 4.36. The third-order valence-corrected chi connectivity index (χ3v) is 3.49. The molecule has 0 fully saturated rings. The third kappa shape index (κ3) is 4.64. The number of unbranched alkanes of at least 4 members (excludes halogenated alkanes) is 1. The van der Waals surface area contributed by atoms with Gasteiger partial charge in [0, 0.05) is 39.2 Å². The Morgan fingerprint density at radius 1 is 1.14 bits per heavy atom. The van der Waals surface area contributed by atoms with Crippen molar-refractivity contribution in [2.45, 2.75) is 38.0 Å². The number of hydrogen-bond donors (Lipinski definition) is 2. The summed E-state index contributed by atoms with van der Waals surface area (Å²) in [6.07, 6.45) is 2.17. The van der Waals surface area contributed by atoms with E-state index >= 15 is 0 Å². The second-order valence-electron chi connectivity index (χ2n) is 4.74. The second-order valence-corrected chi connectivity index (χ2v) is 4.74. The summed E-state index contributed by atoms with van der Waals surface area (Å²) in [4.78, 5) is 11.1. The van der Waals surface area contributed by atoms with E-state index in [2.05, 4.69) is 4.74 Å². The van der Waals surface area contributed by atoms with Crippen LogP contribution in [0.3, 0.4) is 0 Å². The summed E-state index contributed by atoms with van der Waals surface area (Å²) in [6.45, 7) is 0.142. The molecule has 0 atom stereocenters. The number of aromatic hydroxyl groups is 2. The van der Waals surface area contributed by atoms with Crippen molar-refractivity contribution in [2.75, 3.05) is 21.3 Å². The molecule has 0 aromatic carbocycles. The van der Waals surface area contributed by atoms with E-state index in [1.54, 1.807) is 0 Å². The molecule has 0 spiro atoms. The highest BCUT2D eigenvalue weighted by Gasteiger charge is 2.31. The van der Waals surface area contributed by atoms with Crippen LogP contribution in [-0.4, -0.2) is 47.9 Å². The Morgan fingerprint density at radius 2 is 1.71 bits per heavy atom. The molecule has 0 unspecified atom stereocenters. The van der Waals surface area contributed by atoms with Crippen molar-refractivity contribution in [1.82, 2.24) is 4.57 Å². The second kappa shape index (κ2) is 7.90. The standard InChI is InChI=1S/C14H23NO6/c1-19-13(18)6-4-5-9-14(20-2,21-3)10-15-11(16)7-8-12(15)17/h7-8,16-17H,4-6,9-10H2,1-3H3. The summed E-state index contributed by atoms with van der Waals surface area (Å²) in [6, 6.07) is 2.78. The fraction of sp³-hybridized carbons (Fsp3) is 0.643. The Labute approximate surface area is 124 Å². The lowest BCUT2D eigenvalue weighted by Gasteiger charge is -2.31. The van der Waals surface area contributed by atoms with E-state index < -0.39 is 5.79 Å². The quantitative estimate of drug-likeness (QED) is 0.409. The normalized spacial score (nSPS) is 11.6. The third-order valence-electron chi connectivity index (χ3n) is 3.49. The number of ether oxygens (including phenoxy) is 3. The highest BCUT2D eigenvalue weighted by molar-refractivity contribution is 5.68. The minimum Gasteiger partial charge on any atom is -0.494 e. The van der Waals surface area contributed by atoms with Crippen LogP contribution in [0.2, 0.25) is 0 Å². The lowest BCUT2D eigenvalue weighted by molar-refractivity contribution is -0.220. The first-order chi connectivity index (χ1) is 9.98. The van der Waals surface area contributed by atoms with Crippen LogP contribution in [0.1, 0.15) is 25.7 Å². The monoisotopic (exact) mass is 301 g/mol. The molecule has 0 amide bonds. The van der Waals surface area contributed by atoms with Crippen molar-refractivity contribution in [3.63, 3.8) is 0 Å². The molecule has 1 heterocycles. The van der Waals surface area contributed by atoms with E-state index in [0.717, 1.165) is 0 Å². The van der Waals surface area contributed by atoms with E-state index in [-0.39, 0.29) is 24.3 Å². The smallest absolute Gasteiger partial charge is 0.305 e. The molecular weight excluding hydrogens is 278 g/mol. The minimum absolute atomic E-state index is 0.0689. The largest absolute Gasteiger partial charge is 0.494 e. The molecule has 1 rings (SSSR count). The molecule has 1 aromatic heterocycles. The van der Waals surface area contributed by atoms with Crippen LogP contribution in [0.4, 0.5) is 0 Å².